The molecule has 5 nitrogen and oxygen atoms in total. The molecule has 2 rings (SSSR count). The van der Waals surface area contributed by atoms with Gasteiger partial charge in [0, 0.05) is 25.0 Å². The minimum absolute atomic E-state index is 0.0640. The van der Waals surface area contributed by atoms with E-state index in [1.54, 1.807) is 26.2 Å². The summed E-state index contributed by atoms with van der Waals surface area (Å²) in [6.45, 7) is 2.84. The van der Waals surface area contributed by atoms with Crippen LogP contribution in [0.2, 0.25) is 0 Å². The van der Waals surface area contributed by atoms with Crippen LogP contribution in [0.25, 0.3) is 0 Å². The van der Waals surface area contributed by atoms with Gasteiger partial charge in [-0.2, -0.15) is 0 Å². The minimum atomic E-state index is -0.390. The summed E-state index contributed by atoms with van der Waals surface area (Å²) in [4.78, 5) is 11.8. The summed E-state index contributed by atoms with van der Waals surface area (Å²) >= 11 is 0. The van der Waals surface area contributed by atoms with Crippen molar-refractivity contribution in [3.05, 3.63) is 23.8 Å². The van der Waals surface area contributed by atoms with Gasteiger partial charge in [0.2, 0.25) is 0 Å². The van der Waals surface area contributed by atoms with Crippen LogP contribution >= 0.6 is 0 Å². The second-order valence-electron chi connectivity index (χ2n) is 5.12. The van der Waals surface area contributed by atoms with Gasteiger partial charge in [0.1, 0.15) is 0 Å². The van der Waals surface area contributed by atoms with Crippen molar-refractivity contribution in [1.29, 1.82) is 0 Å². The highest BCUT2D eigenvalue weighted by molar-refractivity contribution is 5.96. The SMILES string of the molecule is CCOC(=O)c1cc(NCC2(OC)CCC2)ccc1N. The number of benzene rings is 1. The number of ether oxygens (including phenoxy) is 2. The highest BCUT2D eigenvalue weighted by Gasteiger charge is 2.36. The van der Waals surface area contributed by atoms with Gasteiger partial charge in [-0.15, -0.1) is 0 Å². The van der Waals surface area contributed by atoms with Crippen LogP contribution in [0.15, 0.2) is 18.2 Å². The van der Waals surface area contributed by atoms with Crippen LogP contribution in [-0.2, 0) is 9.47 Å². The Hall–Kier alpha value is -1.75. The van der Waals surface area contributed by atoms with Crippen LogP contribution in [0.5, 0.6) is 0 Å². The van der Waals surface area contributed by atoms with Crippen molar-refractivity contribution in [3.8, 4) is 0 Å². The first-order chi connectivity index (χ1) is 9.60. The average molecular weight is 278 g/mol. The molecule has 1 aliphatic carbocycles. The molecule has 5 heteroatoms. The van der Waals surface area contributed by atoms with Crippen molar-refractivity contribution in [1.82, 2.24) is 0 Å². The first-order valence-electron chi connectivity index (χ1n) is 6.96. The van der Waals surface area contributed by atoms with E-state index < -0.39 is 5.97 Å². The van der Waals surface area contributed by atoms with Crippen LogP contribution in [-0.4, -0.2) is 31.8 Å². The van der Waals surface area contributed by atoms with Gasteiger partial charge in [-0.1, -0.05) is 0 Å². The molecule has 0 bridgehead atoms. The average Bonchev–Trinajstić information content (AvgIpc) is 2.40. The number of methoxy groups -OCH3 is 1. The van der Waals surface area contributed by atoms with Crippen molar-refractivity contribution < 1.29 is 14.3 Å². The van der Waals surface area contributed by atoms with E-state index in [2.05, 4.69) is 5.32 Å². The van der Waals surface area contributed by atoms with E-state index in [4.69, 9.17) is 15.2 Å². The first-order valence-corrected chi connectivity index (χ1v) is 6.96. The maximum absolute atomic E-state index is 11.8. The second kappa shape index (κ2) is 6.13. The number of carbonyl (C=O) groups is 1. The molecule has 0 atom stereocenters. The van der Waals surface area contributed by atoms with Gasteiger partial charge in [0.05, 0.1) is 17.8 Å². The molecule has 0 saturated heterocycles. The normalized spacial score (nSPS) is 16.3. The zero-order valence-electron chi connectivity index (χ0n) is 12.1. The Labute approximate surface area is 119 Å². The van der Waals surface area contributed by atoms with E-state index >= 15 is 0 Å². The Morgan fingerprint density at radius 3 is 2.75 bits per heavy atom. The molecule has 3 N–H and O–H groups in total. The maximum Gasteiger partial charge on any atom is 0.340 e. The molecule has 110 valence electrons. The zero-order chi connectivity index (χ0) is 14.6. The standard InChI is InChI=1S/C15H22N2O3/c1-3-20-14(18)12-9-11(5-6-13(12)16)17-10-15(19-2)7-4-8-15/h5-6,9,17H,3-4,7-8,10,16H2,1-2H3. The van der Waals surface area contributed by atoms with Gasteiger partial charge in [0.25, 0.3) is 0 Å². The summed E-state index contributed by atoms with van der Waals surface area (Å²) in [5.74, 6) is -0.390. The summed E-state index contributed by atoms with van der Waals surface area (Å²) in [5, 5.41) is 3.31. The number of esters is 1. The Balaban J connectivity index is 2.05. The van der Waals surface area contributed by atoms with Crippen LogP contribution in [0, 0.1) is 0 Å². The molecule has 0 aromatic heterocycles. The third-order valence-corrected chi connectivity index (χ3v) is 3.86. The molecular weight excluding hydrogens is 256 g/mol. The van der Waals surface area contributed by atoms with Gasteiger partial charge in [-0.25, -0.2) is 4.79 Å². The molecule has 0 radical (unpaired) electrons. The number of carbonyl (C=O) groups excluding carboxylic acids is 1. The molecule has 0 amide bonds. The number of nitrogens with one attached hydrogen (secondary N) is 1. The minimum Gasteiger partial charge on any atom is -0.462 e. The highest BCUT2D eigenvalue weighted by Crippen LogP contribution is 2.35. The predicted octanol–water partition coefficient (Wildman–Crippen LogP) is 2.43. The fourth-order valence-electron chi connectivity index (χ4n) is 2.34. The Morgan fingerprint density at radius 2 is 2.20 bits per heavy atom. The molecule has 20 heavy (non-hydrogen) atoms. The molecule has 1 aliphatic rings. The number of nitrogens with two attached hydrogens (primary N) is 1. The summed E-state index contributed by atoms with van der Waals surface area (Å²) in [6, 6.07) is 5.31. The van der Waals surface area contributed by atoms with Crippen molar-refractivity contribution in [2.75, 3.05) is 31.3 Å². The van der Waals surface area contributed by atoms with E-state index in [0.29, 0.717) is 17.9 Å². The lowest BCUT2D eigenvalue weighted by molar-refractivity contribution is -0.0601. The second-order valence-corrected chi connectivity index (χ2v) is 5.12. The topological polar surface area (TPSA) is 73.6 Å². The van der Waals surface area contributed by atoms with Crippen molar-refractivity contribution >= 4 is 17.3 Å². The molecule has 0 aliphatic heterocycles. The highest BCUT2D eigenvalue weighted by atomic mass is 16.5. The predicted molar refractivity (Wildman–Crippen MR) is 78.9 cm³/mol. The fourth-order valence-corrected chi connectivity index (χ4v) is 2.34. The van der Waals surface area contributed by atoms with Crippen LogP contribution in [0.1, 0.15) is 36.5 Å². The maximum atomic E-state index is 11.8. The Bertz CT molecular complexity index is 478. The lowest BCUT2D eigenvalue weighted by Crippen LogP contribution is -2.45. The number of hydrogen-bond donors (Lipinski definition) is 2. The van der Waals surface area contributed by atoms with Crippen molar-refractivity contribution in [3.63, 3.8) is 0 Å². The molecule has 1 fully saturated rings. The summed E-state index contributed by atoms with van der Waals surface area (Å²) in [6.07, 6.45) is 3.33. The monoisotopic (exact) mass is 278 g/mol. The smallest absolute Gasteiger partial charge is 0.340 e. The Morgan fingerprint density at radius 1 is 1.45 bits per heavy atom. The molecule has 0 spiro atoms. The van der Waals surface area contributed by atoms with E-state index in [1.165, 1.54) is 6.42 Å². The third-order valence-electron chi connectivity index (χ3n) is 3.86. The van der Waals surface area contributed by atoms with E-state index in [9.17, 15) is 4.79 Å². The number of nitrogen functional groups attached to an aromatic ring is 1. The van der Waals surface area contributed by atoms with Gasteiger partial charge < -0.3 is 20.5 Å². The summed E-state index contributed by atoms with van der Waals surface area (Å²) in [5.41, 5.74) is 7.43. The van der Waals surface area contributed by atoms with E-state index in [-0.39, 0.29) is 5.60 Å². The quantitative estimate of drug-likeness (QED) is 0.617. The molecular formula is C15H22N2O3. The van der Waals surface area contributed by atoms with Gasteiger partial charge >= 0.3 is 5.97 Å². The molecule has 1 saturated carbocycles. The fraction of sp³-hybridized carbons (Fsp3) is 0.533. The summed E-state index contributed by atoms with van der Waals surface area (Å²) in [7, 11) is 1.74. The van der Waals surface area contributed by atoms with Crippen molar-refractivity contribution in [2.24, 2.45) is 0 Å². The molecule has 0 unspecified atom stereocenters. The Kier molecular flexibility index (Phi) is 4.49. The lowest BCUT2D eigenvalue weighted by Gasteiger charge is -2.40. The van der Waals surface area contributed by atoms with E-state index in [1.807, 2.05) is 6.07 Å². The number of hydrogen-bond acceptors (Lipinski definition) is 5. The number of anilines is 2. The molecule has 1 aromatic carbocycles. The van der Waals surface area contributed by atoms with Gasteiger partial charge in [-0.05, 0) is 44.4 Å². The lowest BCUT2D eigenvalue weighted by atomic mass is 9.80. The number of rotatable bonds is 6. The largest absolute Gasteiger partial charge is 0.462 e. The zero-order valence-corrected chi connectivity index (χ0v) is 12.1. The van der Waals surface area contributed by atoms with Crippen molar-refractivity contribution in [2.45, 2.75) is 31.8 Å². The molecule has 0 heterocycles. The molecule has 1 aromatic rings. The first kappa shape index (κ1) is 14.7. The van der Waals surface area contributed by atoms with Gasteiger partial charge in [0.15, 0.2) is 0 Å². The van der Waals surface area contributed by atoms with E-state index in [0.717, 1.165) is 25.1 Å². The summed E-state index contributed by atoms with van der Waals surface area (Å²) < 4.78 is 10.5. The van der Waals surface area contributed by atoms with Gasteiger partial charge in [-0.3, -0.25) is 0 Å². The third kappa shape index (κ3) is 3.04. The van der Waals surface area contributed by atoms with Crippen LogP contribution in [0.4, 0.5) is 11.4 Å². The van der Waals surface area contributed by atoms with Crippen LogP contribution in [0.3, 0.4) is 0 Å². The van der Waals surface area contributed by atoms with Crippen LogP contribution < -0.4 is 11.1 Å².